The van der Waals surface area contributed by atoms with E-state index >= 15 is 0 Å². The fourth-order valence-corrected chi connectivity index (χ4v) is 2.58. The van der Waals surface area contributed by atoms with Gasteiger partial charge in [0.25, 0.3) is 0 Å². The van der Waals surface area contributed by atoms with Crippen molar-refractivity contribution in [2.45, 2.75) is 6.54 Å². The second kappa shape index (κ2) is 7.65. The van der Waals surface area contributed by atoms with Crippen LogP contribution in [0.5, 0.6) is 23.1 Å². The summed E-state index contributed by atoms with van der Waals surface area (Å²) in [6, 6.07) is 17.9. The first-order valence-electron chi connectivity index (χ1n) is 8.38. The summed E-state index contributed by atoms with van der Waals surface area (Å²) in [7, 11) is 0. The van der Waals surface area contributed by atoms with E-state index in [1.54, 1.807) is 30.5 Å². The summed E-state index contributed by atoms with van der Waals surface area (Å²) in [6.45, 7) is 0.553. The smallest absolute Gasteiger partial charge is 0.319 e. The van der Waals surface area contributed by atoms with Gasteiger partial charge in [0.2, 0.25) is 12.7 Å². The fourth-order valence-electron chi connectivity index (χ4n) is 2.58. The number of aromatic nitrogens is 1. The van der Waals surface area contributed by atoms with Gasteiger partial charge in [-0.15, -0.1) is 0 Å². The van der Waals surface area contributed by atoms with Gasteiger partial charge in [0.15, 0.2) is 11.5 Å². The molecule has 2 N–H and O–H groups in total. The van der Waals surface area contributed by atoms with Gasteiger partial charge in [-0.05, 0) is 35.9 Å². The summed E-state index contributed by atoms with van der Waals surface area (Å²) >= 11 is 0. The van der Waals surface area contributed by atoms with Crippen molar-refractivity contribution in [3.05, 3.63) is 72.4 Å². The Kier molecular flexibility index (Phi) is 4.74. The molecule has 0 atom stereocenters. The Bertz CT molecular complexity index is 947. The molecule has 2 amide bonds. The summed E-state index contributed by atoms with van der Waals surface area (Å²) in [5.74, 6) is 2.46. The Morgan fingerprint density at radius 1 is 1.04 bits per heavy atom. The van der Waals surface area contributed by atoms with Crippen LogP contribution in [0.4, 0.5) is 10.5 Å². The molecule has 2 heterocycles. The van der Waals surface area contributed by atoms with E-state index in [9.17, 15) is 4.79 Å². The first-order valence-corrected chi connectivity index (χ1v) is 8.38. The topological polar surface area (TPSA) is 81.7 Å². The SMILES string of the molecule is O=C(NCc1cccc(Oc2ccccn2)c1)Nc1ccc2c(c1)OCO2. The lowest BCUT2D eigenvalue weighted by Gasteiger charge is -2.10. The number of fused-ring (bicyclic) bond motifs is 1. The lowest BCUT2D eigenvalue weighted by Crippen LogP contribution is -2.28. The van der Waals surface area contributed by atoms with Crippen molar-refractivity contribution in [2.24, 2.45) is 0 Å². The number of hydrogen-bond acceptors (Lipinski definition) is 5. The van der Waals surface area contributed by atoms with E-state index in [-0.39, 0.29) is 12.8 Å². The van der Waals surface area contributed by atoms with Gasteiger partial charge in [-0.1, -0.05) is 18.2 Å². The quantitative estimate of drug-likeness (QED) is 0.718. The molecule has 0 spiro atoms. The van der Waals surface area contributed by atoms with Crippen LogP contribution >= 0.6 is 0 Å². The summed E-state index contributed by atoms with van der Waals surface area (Å²) in [5.41, 5.74) is 1.54. The fraction of sp³-hybridized carbons (Fsp3) is 0.100. The summed E-state index contributed by atoms with van der Waals surface area (Å²) in [6.07, 6.45) is 1.67. The van der Waals surface area contributed by atoms with E-state index in [4.69, 9.17) is 14.2 Å². The number of urea groups is 1. The second-order valence-electron chi connectivity index (χ2n) is 5.79. The first kappa shape index (κ1) is 16.7. The molecular weight excluding hydrogens is 346 g/mol. The van der Waals surface area contributed by atoms with Gasteiger partial charge >= 0.3 is 6.03 Å². The van der Waals surface area contributed by atoms with Crippen LogP contribution in [0.3, 0.4) is 0 Å². The van der Waals surface area contributed by atoms with Crippen molar-refractivity contribution in [3.8, 4) is 23.1 Å². The number of anilines is 1. The Hall–Kier alpha value is -3.74. The minimum atomic E-state index is -0.315. The van der Waals surface area contributed by atoms with Crippen molar-refractivity contribution >= 4 is 11.7 Å². The molecule has 4 rings (SSSR count). The molecule has 1 aromatic heterocycles. The van der Waals surface area contributed by atoms with Crippen LogP contribution in [0, 0.1) is 0 Å². The number of hydrogen-bond donors (Lipinski definition) is 2. The maximum atomic E-state index is 12.1. The molecule has 1 aliphatic rings. The zero-order chi connectivity index (χ0) is 18.5. The molecule has 0 bridgehead atoms. The van der Waals surface area contributed by atoms with Crippen LogP contribution in [-0.4, -0.2) is 17.8 Å². The number of pyridine rings is 1. The number of carbonyl (C=O) groups is 1. The Morgan fingerprint density at radius 3 is 2.85 bits per heavy atom. The third-order valence-electron chi connectivity index (χ3n) is 3.84. The molecule has 7 nitrogen and oxygen atoms in total. The van der Waals surface area contributed by atoms with Crippen LogP contribution in [0.1, 0.15) is 5.56 Å². The number of nitrogens with one attached hydrogen (secondary N) is 2. The van der Waals surface area contributed by atoms with Crippen LogP contribution in [-0.2, 0) is 6.54 Å². The largest absolute Gasteiger partial charge is 0.454 e. The van der Waals surface area contributed by atoms with Crippen molar-refractivity contribution in [3.63, 3.8) is 0 Å². The summed E-state index contributed by atoms with van der Waals surface area (Å²) in [5, 5.41) is 5.58. The van der Waals surface area contributed by atoms with E-state index in [1.165, 1.54) is 0 Å². The molecule has 0 unspecified atom stereocenters. The molecule has 0 saturated heterocycles. The number of rotatable bonds is 5. The molecule has 0 saturated carbocycles. The number of amides is 2. The van der Waals surface area contributed by atoms with Crippen molar-refractivity contribution < 1.29 is 19.0 Å². The van der Waals surface area contributed by atoms with Crippen LogP contribution in [0.25, 0.3) is 0 Å². The zero-order valence-corrected chi connectivity index (χ0v) is 14.3. The number of carbonyl (C=O) groups excluding carboxylic acids is 1. The zero-order valence-electron chi connectivity index (χ0n) is 14.3. The van der Waals surface area contributed by atoms with Crippen molar-refractivity contribution in [1.82, 2.24) is 10.3 Å². The highest BCUT2D eigenvalue weighted by atomic mass is 16.7. The van der Waals surface area contributed by atoms with Gasteiger partial charge in [-0.2, -0.15) is 0 Å². The van der Waals surface area contributed by atoms with Gasteiger partial charge in [0.05, 0.1) is 0 Å². The predicted molar refractivity (Wildman–Crippen MR) is 99.2 cm³/mol. The average Bonchev–Trinajstić information content (AvgIpc) is 3.15. The Balaban J connectivity index is 1.33. The first-order chi connectivity index (χ1) is 13.3. The third-order valence-corrected chi connectivity index (χ3v) is 3.84. The monoisotopic (exact) mass is 363 g/mol. The molecule has 1 aliphatic heterocycles. The molecule has 2 aromatic carbocycles. The van der Waals surface area contributed by atoms with Crippen molar-refractivity contribution in [1.29, 1.82) is 0 Å². The van der Waals surface area contributed by atoms with Gasteiger partial charge < -0.3 is 24.8 Å². The highest BCUT2D eigenvalue weighted by Gasteiger charge is 2.14. The normalized spacial score (nSPS) is 11.7. The van der Waals surface area contributed by atoms with E-state index in [1.807, 2.05) is 36.4 Å². The maximum absolute atomic E-state index is 12.1. The standard InChI is InChI=1S/C20H17N3O4/c24-20(23-15-7-8-17-18(11-15)26-13-25-17)22-12-14-4-3-5-16(10-14)27-19-6-1-2-9-21-19/h1-11H,12-13H2,(H2,22,23,24). The highest BCUT2D eigenvalue weighted by molar-refractivity contribution is 5.89. The molecule has 7 heteroatoms. The molecule has 0 radical (unpaired) electrons. The lowest BCUT2D eigenvalue weighted by atomic mass is 10.2. The lowest BCUT2D eigenvalue weighted by molar-refractivity contribution is 0.174. The van der Waals surface area contributed by atoms with Crippen LogP contribution in [0.15, 0.2) is 66.9 Å². The minimum absolute atomic E-state index is 0.196. The molecule has 136 valence electrons. The molecular formula is C20H17N3O4. The molecule has 0 fully saturated rings. The Morgan fingerprint density at radius 2 is 1.96 bits per heavy atom. The van der Waals surface area contributed by atoms with E-state index in [2.05, 4.69) is 15.6 Å². The predicted octanol–water partition coefficient (Wildman–Crippen LogP) is 3.92. The molecule has 27 heavy (non-hydrogen) atoms. The number of benzene rings is 2. The van der Waals surface area contributed by atoms with E-state index in [0.717, 1.165) is 5.56 Å². The summed E-state index contributed by atoms with van der Waals surface area (Å²) in [4.78, 5) is 16.3. The van der Waals surface area contributed by atoms with Gasteiger partial charge in [-0.3, -0.25) is 0 Å². The Labute approximate surface area is 155 Å². The van der Waals surface area contributed by atoms with Crippen LogP contribution in [0.2, 0.25) is 0 Å². The van der Waals surface area contributed by atoms with Crippen molar-refractivity contribution in [2.75, 3.05) is 12.1 Å². The van der Waals surface area contributed by atoms with E-state index in [0.29, 0.717) is 35.4 Å². The molecule has 3 aromatic rings. The van der Waals surface area contributed by atoms with Gasteiger partial charge in [0, 0.05) is 30.6 Å². The average molecular weight is 363 g/mol. The summed E-state index contributed by atoms with van der Waals surface area (Å²) < 4.78 is 16.2. The van der Waals surface area contributed by atoms with Gasteiger partial charge in [-0.25, -0.2) is 9.78 Å². The maximum Gasteiger partial charge on any atom is 0.319 e. The number of ether oxygens (including phenoxy) is 3. The second-order valence-corrected chi connectivity index (χ2v) is 5.79. The van der Waals surface area contributed by atoms with E-state index < -0.39 is 0 Å². The number of nitrogens with zero attached hydrogens (tertiary/aromatic N) is 1. The van der Waals surface area contributed by atoms with Gasteiger partial charge in [0.1, 0.15) is 5.75 Å². The minimum Gasteiger partial charge on any atom is -0.454 e. The molecule has 0 aliphatic carbocycles. The highest BCUT2D eigenvalue weighted by Crippen LogP contribution is 2.34. The van der Waals surface area contributed by atoms with Crippen LogP contribution < -0.4 is 24.8 Å². The third kappa shape index (κ3) is 4.27.